The summed E-state index contributed by atoms with van der Waals surface area (Å²) in [5.41, 5.74) is 2.41. The van der Waals surface area contributed by atoms with E-state index in [1.165, 1.54) is 21.4 Å². The highest BCUT2D eigenvalue weighted by Gasteiger charge is 2.32. The molecule has 1 aliphatic heterocycles. The molecule has 0 bridgehead atoms. The summed E-state index contributed by atoms with van der Waals surface area (Å²) in [5, 5.41) is 16.4. The zero-order valence-corrected chi connectivity index (χ0v) is 20.0. The number of aromatic hydroxyl groups is 1. The van der Waals surface area contributed by atoms with Crippen LogP contribution in [0.5, 0.6) is 5.88 Å². The van der Waals surface area contributed by atoms with Gasteiger partial charge >= 0.3 is 0 Å². The van der Waals surface area contributed by atoms with Gasteiger partial charge in [-0.05, 0) is 68.5 Å². The molecule has 166 valence electrons. The van der Waals surface area contributed by atoms with Gasteiger partial charge in [0.05, 0.1) is 21.0 Å². The Labute approximate surface area is 201 Å². The molecule has 0 spiro atoms. The monoisotopic (exact) mass is 486 g/mol. The lowest BCUT2D eigenvalue weighted by Crippen LogP contribution is -2.37. The number of hydrogen-bond donors (Lipinski definition) is 1. The van der Waals surface area contributed by atoms with E-state index in [1.807, 2.05) is 25.1 Å². The molecule has 2 aromatic heterocycles. The summed E-state index contributed by atoms with van der Waals surface area (Å²) >= 11 is 14.0. The summed E-state index contributed by atoms with van der Waals surface area (Å²) in [5.74, 6) is 1.45. The highest BCUT2D eigenvalue weighted by Crippen LogP contribution is 2.42. The van der Waals surface area contributed by atoms with Gasteiger partial charge in [-0.15, -0.1) is 5.10 Å². The molecule has 1 saturated heterocycles. The molecule has 8 heteroatoms. The molecule has 0 unspecified atom stereocenters. The normalized spacial score (nSPS) is 16.6. The second-order valence-corrected chi connectivity index (χ2v) is 10.2. The number of piperidine rings is 1. The Balaban J connectivity index is 1.44. The number of thiazole rings is 1. The Morgan fingerprint density at radius 1 is 1.09 bits per heavy atom. The van der Waals surface area contributed by atoms with Gasteiger partial charge in [-0.3, -0.25) is 4.90 Å². The second-order valence-electron chi connectivity index (χ2n) is 8.39. The predicted octanol–water partition coefficient (Wildman–Crippen LogP) is 6.16. The van der Waals surface area contributed by atoms with Crippen molar-refractivity contribution in [3.8, 4) is 5.88 Å². The van der Waals surface area contributed by atoms with Crippen LogP contribution in [0.2, 0.25) is 10.0 Å². The maximum absolute atomic E-state index is 11.0. The summed E-state index contributed by atoms with van der Waals surface area (Å²) in [6.07, 6.45) is 3.31. The van der Waals surface area contributed by atoms with Crippen LogP contribution in [0.3, 0.4) is 0 Å². The lowest BCUT2D eigenvalue weighted by atomic mass is 9.89. The number of fused-ring (bicyclic) bond motifs is 1. The van der Waals surface area contributed by atoms with Crippen molar-refractivity contribution < 1.29 is 5.11 Å². The first-order valence-electron chi connectivity index (χ1n) is 10.8. The Morgan fingerprint density at radius 3 is 2.53 bits per heavy atom. The molecule has 5 rings (SSSR count). The van der Waals surface area contributed by atoms with E-state index in [9.17, 15) is 5.11 Å². The number of aryl methyl sites for hydroxylation is 1. The van der Waals surface area contributed by atoms with Gasteiger partial charge in [-0.2, -0.15) is 4.52 Å². The molecule has 5 nitrogen and oxygen atoms in total. The first kappa shape index (κ1) is 21.7. The van der Waals surface area contributed by atoms with E-state index < -0.39 is 0 Å². The Kier molecular flexibility index (Phi) is 6.12. The average molecular weight is 487 g/mol. The standard InChI is InChI=1S/C24H24Cl2N4OS/c1-15-27-24-30(28-15)23(31)22(32-24)21(18-7-8-19(25)20(26)14-18)29-11-9-17(10-12-29)13-16-5-3-2-4-6-16/h2-8,14,17,21,31H,9-13H2,1H3/t21-/m0/s1. The van der Waals surface area contributed by atoms with Crippen molar-refractivity contribution in [2.24, 2.45) is 5.92 Å². The molecule has 32 heavy (non-hydrogen) atoms. The van der Waals surface area contributed by atoms with Gasteiger partial charge in [-0.1, -0.05) is 70.9 Å². The number of nitrogens with zero attached hydrogens (tertiary/aromatic N) is 4. The van der Waals surface area contributed by atoms with Crippen molar-refractivity contribution in [2.45, 2.75) is 32.2 Å². The fraction of sp³-hybridized carbons (Fsp3) is 0.333. The Morgan fingerprint density at radius 2 is 1.84 bits per heavy atom. The van der Waals surface area contributed by atoms with Crippen LogP contribution < -0.4 is 0 Å². The molecule has 1 N–H and O–H groups in total. The Bertz CT molecular complexity index is 1230. The fourth-order valence-electron chi connectivity index (χ4n) is 4.60. The molecule has 0 aliphatic carbocycles. The molecule has 1 aliphatic rings. The van der Waals surface area contributed by atoms with Crippen molar-refractivity contribution in [3.05, 3.63) is 80.4 Å². The molecular weight excluding hydrogens is 463 g/mol. The minimum Gasteiger partial charge on any atom is -0.492 e. The van der Waals surface area contributed by atoms with Crippen LogP contribution in [0.1, 0.15) is 40.7 Å². The molecule has 1 fully saturated rings. The van der Waals surface area contributed by atoms with E-state index in [0.29, 0.717) is 26.7 Å². The van der Waals surface area contributed by atoms with Crippen LogP contribution in [-0.4, -0.2) is 37.7 Å². The topological polar surface area (TPSA) is 53.7 Å². The molecule has 2 aromatic carbocycles. The van der Waals surface area contributed by atoms with Crippen molar-refractivity contribution >= 4 is 39.5 Å². The smallest absolute Gasteiger partial charge is 0.230 e. The number of hydrogen-bond acceptors (Lipinski definition) is 5. The first-order chi connectivity index (χ1) is 15.5. The average Bonchev–Trinajstić information content (AvgIpc) is 3.30. The summed E-state index contributed by atoms with van der Waals surface area (Å²) in [4.78, 5) is 8.41. The van der Waals surface area contributed by atoms with Crippen molar-refractivity contribution in [3.63, 3.8) is 0 Å². The number of likely N-dealkylation sites (tertiary alicyclic amines) is 1. The Hall–Kier alpha value is -2.12. The van der Waals surface area contributed by atoms with E-state index in [0.717, 1.165) is 42.8 Å². The molecule has 0 amide bonds. The maximum atomic E-state index is 11.0. The van der Waals surface area contributed by atoms with Crippen LogP contribution in [0, 0.1) is 12.8 Å². The largest absolute Gasteiger partial charge is 0.492 e. The molecule has 3 heterocycles. The molecule has 0 saturated carbocycles. The zero-order valence-electron chi connectivity index (χ0n) is 17.7. The van der Waals surface area contributed by atoms with E-state index in [1.54, 1.807) is 0 Å². The van der Waals surface area contributed by atoms with Crippen LogP contribution in [0.15, 0.2) is 48.5 Å². The lowest BCUT2D eigenvalue weighted by Gasteiger charge is -2.37. The van der Waals surface area contributed by atoms with Gasteiger partial charge in [0.15, 0.2) is 0 Å². The van der Waals surface area contributed by atoms with Gasteiger partial charge in [-0.25, -0.2) is 4.98 Å². The zero-order chi connectivity index (χ0) is 22.2. The van der Waals surface area contributed by atoms with Gasteiger partial charge in [0.25, 0.3) is 0 Å². The third-order valence-corrected chi connectivity index (χ3v) is 8.01. The van der Waals surface area contributed by atoms with Crippen molar-refractivity contribution in [1.29, 1.82) is 0 Å². The fourth-order valence-corrected chi connectivity index (χ4v) is 6.07. The highest BCUT2D eigenvalue weighted by molar-refractivity contribution is 7.17. The first-order valence-corrected chi connectivity index (χ1v) is 12.3. The molecule has 0 radical (unpaired) electrons. The van der Waals surface area contributed by atoms with E-state index in [-0.39, 0.29) is 11.9 Å². The minimum absolute atomic E-state index is 0.128. The van der Waals surface area contributed by atoms with Crippen LogP contribution in [-0.2, 0) is 6.42 Å². The number of rotatable bonds is 5. The molecular formula is C24H24Cl2N4OS. The minimum atomic E-state index is -0.128. The summed E-state index contributed by atoms with van der Waals surface area (Å²) in [7, 11) is 0. The predicted molar refractivity (Wildman–Crippen MR) is 130 cm³/mol. The van der Waals surface area contributed by atoms with E-state index >= 15 is 0 Å². The van der Waals surface area contributed by atoms with E-state index in [2.05, 4.69) is 45.3 Å². The van der Waals surface area contributed by atoms with Crippen LogP contribution in [0.25, 0.3) is 4.96 Å². The van der Waals surface area contributed by atoms with Gasteiger partial charge in [0.1, 0.15) is 5.82 Å². The van der Waals surface area contributed by atoms with Crippen molar-refractivity contribution in [1.82, 2.24) is 19.5 Å². The number of aromatic nitrogens is 3. The summed E-state index contributed by atoms with van der Waals surface area (Å²) in [6.45, 7) is 3.70. The van der Waals surface area contributed by atoms with Gasteiger partial charge < -0.3 is 5.11 Å². The third kappa shape index (κ3) is 4.25. The second kappa shape index (κ2) is 9.02. The summed E-state index contributed by atoms with van der Waals surface area (Å²) in [6, 6.07) is 16.3. The van der Waals surface area contributed by atoms with Crippen molar-refractivity contribution in [2.75, 3.05) is 13.1 Å². The number of halogens is 2. The molecule has 4 aromatic rings. The lowest BCUT2D eigenvalue weighted by molar-refractivity contribution is 0.150. The third-order valence-electron chi connectivity index (χ3n) is 6.19. The SMILES string of the molecule is Cc1nc2sc([C@H](c3ccc(Cl)c(Cl)c3)N3CCC(Cc4ccccc4)CC3)c(O)n2n1. The highest BCUT2D eigenvalue weighted by atomic mass is 35.5. The van der Waals surface area contributed by atoms with Gasteiger partial charge in [0.2, 0.25) is 10.8 Å². The van der Waals surface area contributed by atoms with Gasteiger partial charge in [0, 0.05) is 0 Å². The number of benzene rings is 2. The van der Waals surface area contributed by atoms with E-state index in [4.69, 9.17) is 23.2 Å². The summed E-state index contributed by atoms with van der Waals surface area (Å²) < 4.78 is 1.53. The van der Waals surface area contributed by atoms with Crippen LogP contribution >= 0.6 is 34.5 Å². The van der Waals surface area contributed by atoms with Crippen LogP contribution in [0.4, 0.5) is 0 Å². The molecule has 1 atom stereocenters. The maximum Gasteiger partial charge on any atom is 0.230 e. The quantitative estimate of drug-likeness (QED) is 0.367.